The number of alkyl halides is 3. The van der Waals surface area contributed by atoms with Gasteiger partial charge in [0.15, 0.2) is 5.75 Å². The van der Waals surface area contributed by atoms with Crippen molar-refractivity contribution in [2.75, 3.05) is 0 Å². The van der Waals surface area contributed by atoms with E-state index in [4.69, 9.17) is 5.26 Å². The van der Waals surface area contributed by atoms with E-state index in [-0.39, 0.29) is 10.0 Å². The largest absolute Gasteiger partial charge is 0.534 e. The Labute approximate surface area is 103 Å². The Hall–Kier alpha value is -1.27. The van der Waals surface area contributed by atoms with Gasteiger partial charge in [0.2, 0.25) is 0 Å². The fraction of sp³-hybridized carbons (Fsp3) is 0.125. The molecule has 0 aliphatic rings. The van der Waals surface area contributed by atoms with E-state index in [1.165, 1.54) is 0 Å². The second-order valence-corrected chi connectivity index (χ2v) is 5.13. The molecule has 0 saturated carbocycles. The Morgan fingerprint density at radius 2 is 1.94 bits per heavy atom. The minimum atomic E-state index is -5.71. The smallest absolute Gasteiger partial charge is 0.375 e. The average Bonchev–Trinajstić information content (AvgIpc) is 2.19. The molecule has 0 fully saturated rings. The molecule has 92 valence electrons. The Balaban J connectivity index is 3.11. The first-order valence-corrected chi connectivity index (χ1v) is 6.08. The molecule has 0 radical (unpaired) electrons. The lowest BCUT2D eigenvalue weighted by atomic mass is 10.2. The van der Waals surface area contributed by atoms with Crippen LogP contribution in [0.1, 0.15) is 5.56 Å². The van der Waals surface area contributed by atoms with Gasteiger partial charge in [-0.3, -0.25) is 0 Å². The average molecular weight is 330 g/mol. The van der Waals surface area contributed by atoms with Gasteiger partial charge in [0.25, 0.3) is 0 Å². The highest BCUT2D eigenvalue weighted by Crippen LogP contribution is 2.31. The summed E-state index contributed by atoms with van der Waals surface area (Å²) >= 11 is 2.80. The summed E-state index contributed by atoms with van der Waals surface area (Å²) in [4.78, 5) is 0. The zero-order valence-corrected chi connectivity index (χ0v) is 10.2. The maximum Gasteiger partial charge on any atom is 0.534 e. The molecule has 0 N–H and O–H groups in total. The van der Waals surface area contributed by atoms with Gasteiger partial charge in [0.05, 0.1) is 16.1 Å². The van der Waals surface area contributed by atoms with Gasteiger partial charge in [-0.25, -0.2) is 0 Å². The zero-order valence-electron chi connectivity index (χ0n) is 7.82. The summed E-state index contributed by atoms with van der Waals surface area (Å²) in [7, 11) is -5.71. The van der Waals surface area contributed by atoms with Crippen LogP contribution in [0.2, 0.25) is 0 Å². The molecule has 1 rings (SSSR count). The summed E-state index contributed by atoms with van der Waals surface area (Å²) in [5.74, 6) is -0.540. The molecule has 4 nitrogen and oxygen atoms in total. The number of nitriles is 1. The van der Waals surface area contributed by atoms with E-state index in [1.807, 2.05) is 0 Å². The summed E-state index contributed by atoms with van der Waals surface area (Å²) < 4.78 is 61.3. The van der Waals surface area contributed by atoms with E-state index in [0.29, 0.717) is 0 Å². The highest BCUT2D eigenvalue weighted by molar-refractivity contribution is 9.10. The Morgan fingerprint density at radius 3 is 2.35 bits per heavy atom. The van der Waals surface area contributed by atoms with E-state index in [2.05, 4.69) is 20.1 Å². The topological polar surface area (TPSA) is 67.2 Å². The molecule has 0 aromatic heterocycles. The van der Waals surface area contributed by atoms with Gasteiger partial charge in [-0.15, -0.1) is 0 Å². The Bertz CT molecular complexity index is 577. The minimum absolute atomic E-state index is 0.0654. The maximum absolute atomic E-state index is 12.0. The van der Waals surface area contributed by atoms with Crippen molar-refractivity contribution >= 4 is 26.0 Å². The van der Waals surface area contributed by atoms with Gasteiger partial charge >= 0.3 is 15.6 Å². The molecule has 0 amide bonds. The molecular formula is C8H3BrF3NO3S. The lowest BCUT2D eigenvalue weighted by Crippen LogP contribution is -2.28. The molecule has 0 spiro atoms. The molecule has 0 unspecified atom stereocenters. The summed E-state index contributed by atoms with van der Waals surface area (Å²) in [6.45, 7) is 0. The van der Waals surface area contributed by atoms with Crippen molar-refractivity contribution in [1.82, 2.24) is 0 Å². The van der Waals surface area contributed by atoms with Gasteiger partial charge in [0, 0.05) is 0 Å². The minimum Gasteiger partial charge on any atom is -0.375 e. The summed E-state index contributed by atoms with van der Waals surface area (Å²) in [6.07, 6.45) is 0. The first-order chi connectivity index (χ1) is 7.67. The van der Waals surface area contributed by atoms with Crippen molar-refractivity contribution in [3.05, 3.63) is 28.2 Å². The number of hydrogen-bond acceptors (Lipinski definition) is 4. The number of rotatable bonds is 2. The highest BCUT2D eigenvalue weighted by Gasteiger charge is 2.48. The molecule has 9 heteroatoms. The third kappa shape index (κ3) is 3.10. The van der Waals surface area contributed by atoms with Crippen LogP contribution in [-0.4, -0.2) is 13.9 Å². The van der Waals surface area contributed by atoms with E-state index in [9.17, 15) is 21.6 Å². The molecule has 1 aromatic rings. The number of nitrogens with zero attached hydrogens (tertiary/aromatic N) is 1. The lowest BCUT2D eigenvalue weighted by Gasteiger charge is -2.10. The molecule has 1 aromatic carbocycles. The monoisotopic (exact) mass is 329 g/mol. The molecule has 0 bridgehead atoms. The van der Waals surface area contributed by atoms with Crippen LogP contribution < -0.4 is 4.18 Å². The van der Waals surface area contributed by atoms with Crippen LogP contribution in [0.4, 0.5) is 13.2 Å². The highest BCUT2D eigenvalue weighted by atomic mass is 79.9. The van der Waals surface area contributed by atoms with E-state index in [1.54, 1.807) is 6.07 Å². The fourth-order valence-corrected chi connectivity index (χ4v) is 1.85. The first-order valence-electron chi connectivity index (χ1n) is 3.88. The van der Waals surface area contributed by atoms with Gasteiger partial charge in [-0.05, 0) is 34.1 Å². The van der Waals surface area contributed by atoms with Crippen LogP contribution in [0.3, 0.4) is 0 Å². The van der Waals surface area contributed by atoms with Crippen molar-refractivity contribution < 1.29 is 25.8 Å². The van der Waals surface area contributed by atoms with Crippen molar-refractivity contribution in [1.29, 1.82) is 5.26 Å². The third-order valence-electron chi connectivity index (χ3n) is 1.54. The summed E-state index contributed by atoms with van der Waals surface area (Å²) in [5, 5.41) is 8.50. The van der Waals surface area contributed by atoms with Gasteiger partial charge in [0.1, 0.15) is 0 Å². The van der Waals surface area contributed by atoms with Crippen molar-refractivity contribution in [3.63, 3.8) is 0 Å². The molecule has 0 aliphatic carbocycles. The van der Waals surface area contributed by atoms with E-state index >= 15 is 0 Å². The molecular weight excluding hydrogens is 327 g/mol. The van der Waals surface area contributed by atoms with Crippen LogP contribution in [0, 0.1) is 11.3 Å². The standard InChI is InChI=1S/C8H3BrF3NO3S/c9-6-3-5(4-13)1-2-7(6)16-17(14,15)8(10,11)12/h1-3H. The second kappa shape index (κ2) is 4.54. The van der Waals surface area contributed by atoms with Crippen molar-refractivity contribution in [2.24, 2.45) is 0 Å². The SMILES string of the molecule is N#Cc1ccc(OS(=O)(=O)C(F)(F)F)c(Br)c1. The number of halogens is 4. The summed E-state index contributed by atoms with van der Waals surface area (Å²) in [5.41, 5.74) is -5.35. The van der Waals surface area contributed by atoms with Crippen molar-refractivity contribution in [2.45, 2.75) is 5.51 Å². The quantitative estimate of drug-likeness (QED) is 0.617. The van der Waals surface area contributed by atoms with Crippen LogP contribution in [0.5, 0.6) is 5.75 Å². The van der Waals surface area contributed by atoms with E-state index < -0.39 is 21.4 Å². The number of benzene rings is 1. The predicted octanol–water partition coefficient (Wildman–Crippen LogP) is 2.55. The zero-order chi connectivity index (χ0) is 13.3. The molecule has 0 aliphatic heterocycles. The fourth-order valence-electron chi connectivity index (χ4n) is 0.803. The molecule has 0 heterocycles. The van der Waals surface area contributed by atoms with Crippen LogP contribution >= 0.6 is 15.9 Å². The Morgan fingerprint density at radius 1 is 1.35 bits per heavy atom. The van der Waals surface area contributed by atoms with Crippen LogP contribution in [0.15, 0.2) is 22.7 Å². The molecule has 0 saturated heterocycles. The number of hydrogen-bond donors (Lipinski definition) is 0. The van der Waals surface area contributed by atoms with Gasteiger partial charge < -0.3 is 4.18 Å². The van der Waals surface area contributed by atoms with Crippen LogP contribution in [-0.2, 0) is 10.1 Å². The predicted molar refractivity (Wildman–Crippen MR) is 54.5 cm³/mol. The molecule has 0 atom stereocenters. The lowest BCUT2D eigenvalue weighted by molar-refractivity contribution is -0.0500. The van der Waals surface area contributed by atoms with Crippen LogP contribution in [0.25, 0.3) is 0 Å². The third-order valence-corrected chi connectivity index (χ3v) is 3.13. The Kier molecular flexibility index (Phi) is 3.68. The van der Waals surface area contributed by atoms with Crippen molar-refractivity contribution in [3.8, 4) is 11.8 Å². The second-order valence-electron chi connectivity index (χ2n) is 2.74. The maximum atomic E-state index is 12.0. The first kappa shape index (κ1) is 13.8. The van der Waals surface area contributed by atoms with Gasteiger partial charge in [-0.2, -0.15) is 26.9 Å². The summed E-state index contributed by atoms with van der Waals surface area (Å²) in [6, 6.07) is 4.95. The molecule has 17 heavy (non-hydrogen) atoms. The van der Waals surface area contributed by atoms with Gasteiger partial charge in [-0.1, -0.05) is 0 Å². The van der Waals surface area contributed by atoms with E-state index in [0.717, 1.165) is 18.2 Å². The normalized spacial score (nSPS) is 11.9.